The van der Waals surface area contributed by atoms with Crippen LogP contribution in [0.3, 0.4) is 0 Å². The number of nitrogens with zero attached hydrogens (tertiary/aromatic N) is 3. The van der Waals surface area contributed by atoms with E-state index < -0.39 is 11.8 Å². The van der Waals surface area contributed by atoms with Crippen LogP contribution in [0.5, 0.6) is 0 Å². The number of hydrogen-bond acceptors (Lipinski definition) is 5. The first-order valence-electron chi connectivity index (χ1n) is 11.4. The van der Waals surface area contributed by atoms with Crippen LogP contribution in [0.15, 0.2) is 109 Å². The van der Waals surface area contributed by atoms with Crippen LogP contribution in [-0.2, 0) is 0 Å². The van der Waals surface area contributed by atoms with E-state index in [1.54, 1.807) is 71.4 Å². The van der Waals surface area contributed by atoms with Crippen molar-refractivity contribution in [1.82, 2.24) is 25.6 Å². The summed E-state index contributed by atoms with van der Waals surface area (Å²) in [6.45, 7) is 0. The summed E-state index contributed by atoms with van der Waals surface area (Å²) in [4.78, 5) is 29.2. The Morgan fingerprint density at radius 1 is 0.676 bits per heavy atom. The molecule has 0 unspecified atom stereocenters. The topological polar surface area (TPSA) is 101 Å². The Labute approximate surface area is 211 Å². The van der Waals surface area contributed by atoms with Crippen LogP contribution in [0.4, 0.5) is 16.0 Å². The number of hydrogen-bond donors (Lipinski definition) is 3. The number of carbonyl (C=O) groups is 2. The lowest BCUT2D eigenvalue weighted by atomic mass is 10.2. The molecule has 182 valence electrons. The smallest absolute Gasteiger partial charge is 0.269 e. The maximum Gasteiger partial charge on any atom is 0.269 e. The zero-order valence-corrected chi connectivity index (χ0v) is 19.4. The number of halogens is 1. The molecule has 0 radical (unpaired) electrons. The Balaban J connectivity index is 1.30. The van der Waals surface area contributed by atoms with Gasteiger partial charge in [0.2, 0.25) is 5.95 Å². The van der Waals surface area contributed by atoms with Crippen LogP contribution in [0.1, 0.15) is 20.7 Å². The second kappa shape index (κ2) is 10.5. The van der Waals surface area contributed by atoms with E-state index in [-0.39, 0.29) is 5.82 Å². The fraction of sp³-hybridized carbons (Fsp3) is 0. The first-order valence-corrected chi connectivity index (χ1v) is 11.4. The Kier molecular flexibility index (Phi) is 6.67. The highest BCUT2D eigenvalue weighted by Gasteiger charge is 2.15. The number of benzene rings is 4. The molecule has 1 heterocycles. The summed E-state index contributed by atoms with van der Waals surface area (Å²) in [5.41, 5.74) is 7.74. The molecule has 4 aromatic carbocycles. The monoisotopic (exact) mass is 492 g/mol. The van der Waals surface area contributed by atoms with Gasteiger partial charge in [0.05, 0.1) is 5.69 Å². The lowest BCUT2D eigenvalue weighted by molar-refractivity contribution is 0.0846. The van der Waals surface area contributed by atoms with Crippen molar-refractivity contribution in [3.05, 3.63) is 126 Å². The van der Waals surface area contributed by atoms with E-state index in [2.05, 4.69) is 26.3 Å². The van der Waals surface area contributed by atoms with Gasteiger partial charge >= 0.3 is 0 Å². The average Bonchev–Trinajstić information content (AvgIpc) is 3.37. The van der Waals surface area contributed by atoms with Crippen LogP contribution < -0.4 is 16.2 Å². The second-order valence-corrected chi connectivity index (χ2v) is 7.99. The quantitative estimate of drug-likeness (QED) is 0.293. The predicted octanol–water partition coefficient (Wildman–Crippen LogP) is 4.89. The SMILES string of the molecule is O=C(NNC(=O)c1ccc(Nc2nc(-c3ccccc3)n(-c3ccc(F)cc3)n2)cc1)c1ccccc1. The molecular weight excluding hydrogens is 471 g/mol. The van der Waals surface area contributed by atoms with Crippen molar-refractivity contribution in [2.45, 2.75) is 0 Å². The summed E-state index contributed by atoms with van der Waals surface area (Å²) in [7, 11) is 0. The fourth-order valence-electron chi connectivity index (χ4n) is 3.58. The minimum atomic E-state index is -0.457. The lowest BCUT2D eigenvalue weighted by Crippen LogP contribution is -2.41. The van der Waals surface area contributed by atoms with E-state index in [1.165, 1.54) is 12.1 Å². The number of hydrazine groups is 1. The molecule has 0 bridgehead atoms. The maximum atomic E-state index is 13.5. The summed E-state index contributed by atoms with van der Waals surface area (Å²) < 4.78 is 15.1. The molecule has 0 saturated heterocycles. The van der Waals surface area contributed by atoms with Crippen molar-refractivity contribution in [1.29, 1.82) is 0 Å². The Morgan fingerprint density at radius 3 is 1.86 bits per heavy atom. The van der Waals surface area contributed by atoms with Crippen LogP contribution in [0, 0.1) is 5.82 Å². The third kappa shape index (κ3) is 5.51. The number of carbonyl (C=O) groups excluding carboxylic acids is 2. The molecule has 0 saturated carbocycles. The third-order valence-electron chi connectivity index (χ3n) is 5.44. The predicted molar refractivity (Wildman–Crippen MR) is 138 cm³/mol. The minimum Gasteiger partial charge on any atom is -0.323 e. The van der Waals surface area contributed by atoms with Gasteiger partial charge in [0, 0.05) is 22.4 Å². The first kappa shape index (κ1) is 23.4. The number of amides is 2. The van der Waals surface area contributed by atoms with E-state index in [0.29, 0.717) is 34.3 Å². The van der Waals surface area contributed by atoms with Crippen molar-refractivity contribution < 1.29 is 14.0 Å². The van der Waals surface area contributed by atoms with E-state index in [1.807, 2.05) is 30.3 Å². The summed E-state index contributed by atoms with van der Waals surface area (Å²) in [6, 6.07) is 30.7. The van der Waals surface area contributed by atoms with Gasteiger partial charge in [-0.1, -0.05) is 48.5 Å². The van der Waals surface area contributed by atoms with E-state index in [4.69, 9.17) is 0 Å². The van der Waals surface area contributed by atoms with E-state index in [0.717, 1.165) is 5.56 Å². The molecule has 0 aliphatic rings. The molecule has 0 atom stereocenters. The first-order chi connectivity index (χ1) is 18.1. The summed E-state index contributed by atoms with van der Waals surface area (Å²) in [5, 5.41) is 7.70. The van der Waals surface area contributed by atoms with Crippen LogP contribution in [0.2, 0.25) is 0 Å². The summed E-state index contributed by atoms with van der Waals surface area (Å²) in [5.74, 6) is -0.298. The van der Waals surface area contributed by atoms with Gasteiger partial charge in [0.25, 0.3) is 11.8 Å². The number of anilines is 2. The third-order valence-corrected chi connectivity index (χ3v) is 5.44. The van der Waals surface area contributed by atoms with Crippen molar-refractivity contribution in [2.24, 2.45) is 0 Å². The highest BCUT2D eigenvalue weighted by Crippen LogP contribution is 2.24. The fourth-order valence-corrected chi connectivity index (χ4v) is 3.58. The molecule has 0 aliphatic carbocycles. The van der Waals surface area contributed by atoms with Gasteiger partial charge in [-0.15, -0.1) is 5.10 Å². The van der Waals surface area contributed by atoms with Gasteiger partial charge in [-0.25, -0.2) is 9.07 Å². The zero-order valence-electron chi connectivity index (χ0n) is 19.4. The second-order valence-electron chi connectivity index (χ2n) is 7.99. The highest BCUT2D eigenvalue weighted by atomic mass is 19.1. The molecule has 9 heteroatoms. The molecule has 5 aromatic rings. The largest absolute Gasteiger partial charge is 0.323 e. The van der Waals surface area contributed by atoms with Crippen LogP contribution >= 0.6 is 0 Å². The molecule has 0 aliphatic heterocycles. The minimum absolute atomic E-state index is 0.329. The number of rotatable bonds is 6. The normalized spacial score (nSPS) is 10.5. The molecule has 3 N–H and O–H groups in total. The Bertz CT molecular complexity index is 1520. The van der Waals surface area contributed by atoms with Crippen molar-refractivity contribution >= 4 is 23.5 Å². The van der Waals surface area contributed by atoms with Gasteiger partial charge in [-0.05, 0) is 60.7 Å². The summed E-state index contributed by atoms with van der Waals surface area (Å²) >= 11 is 0. The number of nitrogens with one attached hydrogen (secondary N) is 3. The zero-order chi connectivity index (χ0) is 25.6. The highest BCUT2D eigenvalue weighted by molar-refractivity contribution is 5.99. The van der Waals surface area contributed by atoms with E-state index >= 15 is 0 Å². The van der Waals surface area contributed by atoms with Crippen LogP contribution in [-0.4, -0.2) is 26.6 Å². The van der Waals surface area contributed by atoms with E-state index in [9.17, 15) is 14.0 Å². The van der Waals surface area contributed by atoms with Gasteiger partial charge < -0.3 is 5.32 Å². The molecule has 2 amide bonds. The van der Waals surface area contributed by atoms with Gasteiger partial charge in [-0.2, -0.15) is 4.98 Å². The maximum absolute atomic E-state index is 13.5. The molecule has 0 fully saturated rings. The van der Waals surface area contributed by atoms with Crippen molar-refractivity contribution in [3.63, 3.8) is 0 Å². The van der Waals surface area contributed by atoms with Gasteiger partial charge in [0.1, 0.15) is 5.82 Å². The van der Waals surface area contributed by atoms with Crippen molar-refractivity contribution in [3.8, 4) is 17.1 Å². The van der Waals surface area contributed by atoms with Gasteiger partial charge in [-0.3, -0.25) is 20.4 Å². The average molecular weight is 493 g/mol. The summed E-state index contributed by atoms with van der Waals surface area (Å²) in [6.07, 6.45) is 0. The Morgan fingerprint density at radius 2 is 1.24 bits per heavy atom. The molecule has 5 rings (SSSR count). The standard InChI is InChI=1S/C28H21FN6O2/c29-22-13-17-24(18-14-22)35-25(19-7-3-1-4-8-19)31-28(34-35)30-23-15-11-21(12-16-23)27(37)33-32-26(36)20-9-5-2-6-10-20/h1-18H,(H,30,34)(H,32,36)(H,33,37). The molecule has 1 aromatic heterocycles. The van der Waals surface area contributed by atoms with Gasteiger partial charge in [0.15, 0.2) is 5.82 Å². The number of aromatic nitrogens is 3. The Hall–Kier alpha value is -5.31. The van der Waals surface area contributed by atoms with Crippen molar-refractivity contribution in [2.75, 3.05) is 5.32 Å². The molecular formula is C28H21FN6O2. The lowest BCUT2D eigenvalue weighted by Gasteiger charge is -2.08. The molecule has 0 spiro atoms. The molecule has 8 nitrogen and oxygen atoms in total. The van der Waals surface area contributed by atoms with Crippen LogP contribution in [0.25, 0.3) is 17.1 Å². The molecule has 37 heavy (non-hydrogen) atoms.